The normalized spacial score (nSPS) is 10.9. The Morgan fingerprint density at radius 1 is 1.35 bits per heavy atom. The van der Waals surface area contributed by atoms with Crippen LogP contribution in [0.1, 0.15) is 20.8 Å². The van der Waals surface area contributed by atoms with E-state index in [1.165, 1.54) is 4.90 Å². The second-order valence-corrected chi connectivity index (χ2v) is 4.84. The summed E-state index contributed by atoms with van der Waals surface area (Å²) in [5.41, 5.74) is 1.27. The summed E-state index contributed by atoms with van der Waals surface area (Å²) in [7, 11) is 3.54. The molecule has 0 spiro atoms. The molecule has 17 heavy (non-hydrogen) atoms. The first-order valence-electron chi connectivity index (χ1n) is 5.58. The van der Waals surface area contributed by atoms with Gasteiger partial charge < -0.3 is 10.1 Å². The lowest BCUT2D eigenvalue weighted by molar-refractivity contribution is 0.0589. The summed E-state index contributed by atoms with van der Waals surface area (Å²) in [5.74, 6) is 0. The number of nitrogens with one attached hydrogen (secondary N) is 1. The van der Waals surface area contributed by atoms with Crippen molar-refractivity contribution in [2.45, 2.75) is 26.4 Å². The van der Waals surface area contributed by atoms with E-state index < -0.39 is 5.60 Å². The van der Waals surface area contributed by atoms with Crippen LogP contribution in [-0.4, -0.2) is 25.8 Å². The summed E-state index contributed by atoms with van der Waals surface area (Å²) in [6.45, 7) is 5.55. The van der Waals surface area contributed by atoms with E-state index in [2.05, 4.69) is 5.32 Å². The maximum atomic E-state index is 11.8. The molecule has 0 aliphatic heterocycles. The molecule has 4 nitrogen and oxygen atoms in total. The Labute approximate surface area is 103 Å². The Morgan fingerprint density at radius 3 is 2.53 bits per heavy atom. The van der Waals surface area contributed by atoms with Crippen LogP contribution in [0.15, 0.2) is 24.3 Å². The van der Waals surface area contributed by atoms with Gasteiger partial charge in [0.1, 0.15) is 5.60 Å². The molecule has 0 heterocycles. The number of ether oxygens (including phenoxy) is 1. The van der Waals surface area contributed by atoms with Crippen molar-refractivity contribution in [1.29, 1.82) is 0 Å². The third-order valence-electron chi connectivity index (χ3n) is 2.19. The fourth-order valence-corrected chi connectivity index (χ4v) is 1.31. The topological polar surface area (TPSA) is 41.6 Å². The lowest BCUT2D eigenvalue weighted by Crippen LogP contribution is -2.34. The van der Waals surface area contributed by atoms with Crippen LogP contribution in [-0.2, 0) is 4.74 Å². The molecule has 0 saturated carbocycles. The molecule has 0 aliphatic rings. The van der Waals surface area contributed by atoms with Gasteiger partial charge >= 0.3 is 6.09 Å². The SMILES string of the molecule is CNc1cccc(N(C)C(=O)OC(C)(C)C)c1. The van der Waals surface area contributed by atoms with Crippen LogP contribution >= 0.6 is 0 Å². The largest absolute Gasteiger partial charge is 0.443 e. The molecule has 4 heteroatoms. The van der Waals surface area contributed by atoms with Crippen LogP contribution in [0.5, 0.6) is 0 Å². The molecule has 0 saturated heterocycles. The number of benzene rings is 1. The van der Waals surface area contributed by atoms with Gasteiger partial charge in [0.2, 0.25) is 0 Å². The van der Waals surface area contributed by atoms with Crippen molar-refractivity contribution >= 4 is 17.5 Å². The first-order valence-corrected chi connectivity index (χ1v) is 5.58. The number of rotatable bonds is 2. The van der Waals surface area contributed by atoms with Crippen molar-refractivity contribution in [1.82, 2.24) is 0 Å². The van der Waals surface area contributed by atoms with Gasteiger partial charge in [-0.2, -0.15) is 0 Å². The molecule has 0 fully saturated rings. The van der Waals surface area contributed by atoms with Gasteiger partial charge in [-0.3, -0.25) is 4.90 Å². The highest BCUT2D eigenvalue weighted by Crippen LogP contribution is 2.20. The summed E-state index contributed by atoms with van der Waals surface area (Å²) in [6.07, 6.45) is -0.356. The van der Waals surface area contributed by atoms with Crippen LogP contribution in [0.2, 0.25) is 0 Å². The zero-order valence-electron chi connectivity index (χ0n) is 11.1. The zero-order chi connectivity index (χ0) is 13.1. The maximum absolute atomic E-state index is 11.8. The van der Waals surface area contributed by atoms with Crippen molar-refractivity contribution in [2.75, 3.05) is 24.3 Å². The molecule has 0 bridgehead atoms. The molecule has 1 rings (SSSR count). The minimum Gasteiger partial charge on any atom is -0.443 e. The van der Waals surface area contributed by atoms with E-state index in [1.54, 1.807) is 7.05 Å². The van der Waals surface area contributed by atoms with E-state index in [9.17, 15) is 4.79 Å². The van der Waals surface area contributed by atoms with E-state index in [0.29, 0.717) is 0 Å². The minimum absolute atomic E-state index is 0.356. The Hall–Kier alpha value is -1.71. The molecular formula is C13H20N2O2. The van der Waals surface area contributed by atoms with Crippen molar-refractivity contribution in [3.63, 3.8) is 0 Å². The molecule has 0 aromatic heterocycles. The zero-order valence-corrected chi connectivity index (χ0v) is 11.1. The van der Waals surface area contributed by atoms with Gasteiger partial charge in [0, 0.05) is 25.5 Å². The predicted octanol–water partition coefficient (Wildman–Crippen LogP) is 3.10. The summed E-state index contributed by atoms with van der Waals surface area (Å²) in [6, 6.07) is 7.59. The molecule has 1 aromatic carbocycles. The van der Waals surface area contributed by atoms with Crippen LogP contribution in [0.25, 0.3) is 0 Å². The Balaban J connectivity index is 2.81. The lowest BCUT2D eigenvalue weighted by atomic mass is 10.2. The van der Waals surface area contributed by atoms with Gasteiger partial charge in [-0.15, -0.1) is 0 Å². The minimum atomic E-state index is -0.480. The average molecular weight is 236 g/mol. The Bertz CT molecular complexity index is 397. The number of anilines is 2. The standard InChI is InChI=1S/C13H20N2O2/c1-13(2,3)17-12(16)15(5)11-8-6-7-10(9-11)14-4/h6-9,14H,1-5H3. The lowest BCUT2D eigenvalue weighted by Gasteiger charge is -2.24. The number of carbonyl (C=O) groups is 1. The molecule has 1 amide bonds. The fourth-order valence-electron chi connectivity index (χ4n) is 1.31. The molecule has 0 radical (unpaired) electrons. The predicted molar refractivity (Wildman–Crippen MR) is 70.6 cm³/mol. The summed E-state index contributed by atoms with van der Waals surface area (Å²) in [4.78, 5) is 13.3. The summed E-state index contributed by atoms with van der Waals surface area (Å²) in [5, 5.41) is 3.03. The molecular weight excluding hydrogens is 216 g/mol. The monoisotopic (exact) mass is 236 g/mol. The van der Waals surface area contributed by atoms with Gasteiger partial charge in [-0.05, 0) is 39.0 Å². The first kappa shape index (κ1) is 13.4. The molecule has 0 unspecified atom stereocenters. The van der Waals surface area contributed by atoms with Crippen molar-refractivity contribution in [3.8, 4) is 0 Å². The van der Waals surface area contributed by atoms with E-state index in [-0.39, 0.29) is 6.09 Å². The fraction of sp³-hybridized carbons (Fsp3) is 0.462. The van der Waals surface area contributed by atoms with Crippen molar-refractivity contribution in [2.24, 2.45) is 0 Å². The van der Waals surface area contributed by atoms with Gasteiger partial charge in [-0.1, -0.05) is 6.07 Å². The number of carbonyl (C=O) groups excluding carboxylic acids is 1. The maximum Gasteiger partial charge on any atom is 0.414 e. The number of hydrogen-bond donors (Lipinski definition) is 1. The highest BCUT2D eigenvalue weighted by molar-refractivity contribution is 5.87. The second kappa shape index (κ2) is 5.08. The molecule has 1 aromatic rings. The Morgan fingerprint density at radius 2 is 2.00 bits per heavy atom. The molecule has 94 valence electrons. The van der Waals surface area contributed by atoms with Crippen LogP contribution < -0.4 is 10.2 Å². The third-order valence-corrected chi connectivity index (χ3v) is 2.19. The molecule has 0 atom stereocenters. The molecule has 0 aliphatic carbocycles. The molecule has 1 N–H and O–H groups in total. The van der Waals surface area contributed by atoms with Crippen LogP contribution in [0.3, 0.4) is 0 Å². The van der Waals surface area contributed by atoms with Gasteiger partial charge in [0.25, 0.3) is 0 Å². The smallest absolute Gasteiger partial charge is 0.414 e. The summed E-state index contributed by atoms with van der Waals surface area (Å²) >= 11 is 0. The first-order chi connectivity index (χ1) is 7.83. The third kappa shape index (κ3) is 3.98. The number of nitrogens with zero attached hydrogens (tertiary/aromatic N) is 1. The quantitative estimate of drug-likeness (QED) is 0.857. The van der Waals surface area contributed by atoms with Gasteiger partial charge in [0.05, 0.1) is 0 Å². The van der Waals surface area contributed by atoms with Crippen LogP contribution in [0.4, 0.5) is 16.2 Å². The van der Waals surface area contributed by atoms with Gasteiger partial charge in [-0.25, -0.2) is 4.79 Å². The Kier molecular flexibility index (Phi) is 3.99. The van der Waals surface area contributed by atoms with Gasteiger partial charge in [0.15, 0.2) is 0 Å². The highest BCUT2D eigenvalue weighted by atomic mass is 16.6. The van der Waals surface area contributed by atoms with E-state index in [4.69, 9.17) is 4.74 Å². The number of amides is 1. The summed E-state index contributed by atoms with van der Waals surface area (Å²) < 4.78 is 5.29. The van der Waals surface area contributed by atoms with Crippen molar-refractivity contribution in [3.05, 3.63) is 24.3 Å². The second-order valence-electron chi connectivity index (χ2n) is 4.84. The van der Waals surface area contributed by atoms with Crippen molar-refractivity contribution < 1.29 is 9.53 Å². The highest BCUT2D eigenvalue weighted by Gasteiger charge is 2.20. The van der Waals surface area contributed by atoms with Crippen LogP contribution in [0, 0.1) is 0 Å². The van der Waals surface area contributed by atoms with E-state index >= 15 is 0 Å². The van der Waals surface area contributed by atoms with E-state index in [0.717, 1.165) is 11.4 Å². The van der Waals surface area contributed by atoms with E-state index in [1.807, 2.05) is 52.1 Å². The number of hydrogen-bond acceptors (Lipinski definition) is 3. The average Bonchev–Trinajstić information content (AvgIpc) is 2.26.